The van der Waals surface area contributed by atoms with Crippen LogP contribution in [0.5, 0.6) is 0 Å². The molecule has 1 fully saturated rings. The van der Waals surface area contributed by atoms with Gasteiger partial charge in [-0.2, -0.15) is 0 Å². The summed E-state index contributed by atoms with van der Waals surface area (Å²) in [5, 5.41) is 13.8. The molecule has 1 heterocycles. The summed E-state index contributed by atoms with van der Waals surface area (Å²) in [6, 6.07) is 1.45. The number of hydrogen-bond acceptors (Lipinski definition) is 5. The SMILES string of the molecule is Cc1cnc(NCCOCC2CC2)cc1[N+](=O)[O-]. The lowest BCUT2D eigenvalue weighted by Gasteiger charge is -2.06. The summed E-state index contributed by atoms with van der Waals surface area (Å²) in [5.41, 5.74) is 0.655. The lowest BCUT2D eigenvalue weighted by atomic mass is 10.2. The number of pyridine rings is 1. The number of ether oxygens (including phenoxy) is 1. The standard InChI is InChI=1S/C12H17N3O3/c1-9-7-14-12(6-11(9)15(16)17)13-4-5-18-8-10-2-3-10/h6-7,10H,2-5,8H2,1H3,(H,13,14). The van der Waals surface area contributed by atoms with Crippen molar-refractivity contribution in [3.8, 4) is 0 Å². The van der Waals surface area contributed by atoms with Gasteiger partial charge in [0.05, 0.1) is 17.6 Å². The summed E-state index contributed by atoms with van der Waals surface area (Å²) in [5.74, 6) is 1.27. The van der Waals surface area contributed by atoms with Crippen LogP contribution in [0.1, 0.15) is 18.4 Å². The maximum absolute atomic E-state index is 10.8. The molecule has 1 N–H and O–H groups in total. The first-order valence-electron chi connectivity index (χ1n) is 6.09. The highest BCUT2D eigenvalue weighted by molar-refractivity contribution is 5.48. The minimum Gasteiger partial charge on any atom is -0.379 e. The van der Waals surface area contributed by atoms with Crippen LogP contribution in [0, 0.1) is 23.0 Å². The third-order valence-corrected chi connectivity index (χ3v) is 2.87. The van der Waals surface area contributed by atoms with Crippen LogP contribution in [-0.4, -0.2) is 29.7 Å². The van der Waals surface area contributed by atoms with Crippen LogP contribution < -0.4 is 5.32 Å². The van der Waals surface area contributed by atoms with E-state index in [2.05, 4.69) is 10.3 Å². The van der Waals surface area contributed by atoms with Gasteiger partial charge in [0.1, 0.15) is 5.82 Å². The lowest BCUT2D eigenvalue weighted by molar-refractivity contribution is -0.385. The first-order chi connectivity index (χ1) is 8.66. The fourth-order valence-electron chi connectivity index (χ4n) is 1.59. The molecule has 1 aromatic rings. The average molecular weight is 251 g/mol. The minimum absolute atomic E-state index is 0.0893. The van der Waals surface area contributed by atoms with Crippen molar-refractivity contribution in [2.45, 2.75) is 19.8 Å². The third kappa shape index (κ3) is 3.66. The maximum atomic E-state index is 10.8. The highest BCUT2D eigenvalue weighted by Gasteiger charge is 2.20. The molecule has 18 heavy (non-hydrogen) atoms. The van der Waals surface area contributed by atoms with Crippen molar-refractivity contribution < 1.29 is 9.66 Å². The molecule has 0 amide bonds. The Balaban J connectivity index is 1.77. The molecular weight excluding hydrogens is 234 g/mol. The third-order valence-electron chi connectivity index (χ3n) is 2.87. The lowest BCUT2D eigenvalue weighted by Crippen LogP contribution is -2.11. The van der Waals surface area contributed by atoms with Crippen LogP contribution in [0.2, 0.25) is 0 Å². The Morgan fingerprint density at radius 2 is 2.39 bits per heavy atom. The van der Waals surface area contributed by atoms with Crippen LogP contribution in [0.4, 0.5) is 11.5 Å². The Morgan fingerprint density at radius 1 is 1.61 bits per heavy atom. The number of anilines is 1. The van der Waals surface area contributed by atoms with Crippen molar-refractivity contribution in [1.29, 1.82) is 0 Å². The van der Waals surface area contributed by atoms with Crippen molar-refractivity contribution in [2.75, 3.05) is 25.1 Å². The van der Waals surface area contributed by atoms with Crippen molar-refractivity contribution in [2.24, 2.45) is 5.92 Å². The van der Waals surface area contributed by atoms with Gasteiger partial charge in [-0.3, -0.25) is 10.1 Å². The predicted octanol–water partition coefficient (Wildman–Crippen LogP) is 2.14. The van der Waals surface area contributed by atoms with E-state index in [0.29, 0.717) is 24.5 Å². The fraction of sp³-hybridized carbons (Fsp3) is 0.583. The van der Waals surface area contributed by atoms with E-state index in [1.807, 2.05) is 0 Å². The number of aryl methyl sites for hydroxylation is 1. The molecule has 0 spiro atoms. The van der Waals surface area contributed by atoms with Crippen molar-refractivity contribution in [1.82, 2.24) is 4.98 Å². The van der Waals surface area contributed by atoms with Crippen LogP contribution >= 0.6 is 0 Å². The van der Waals surface area contributed by atoms with E-state index in [4.69, 9.17) is 4.74 Å². The highest BCUT2D eigenvalue weighted by Crippen LogP contribution is 2.28. The normalized spacial score (nSPS) is 14.5. The molecule has 2 rings (SSSR count). The second-order valence-electron chi connectivity index (χ2n) is 4.56. The molecule has 0 bridgehead atoms. The quantitative estimate of drug-likeness (QED) is 0.456. The zero-order chi connectivity index (χ0) is 13.0. The number of nitrogens with one attached hydrogen (secondary N) is 1. The molecule has 0 saturated heterocycles. The van der Waals surface area contributed by atoms with E-state index in [0.717, 1.165) is 12.5 Å². The largest absolute Gasteiger partial charge is 0.379 e. The topological polar surface area (TPSA) is 77.3 Å². The van der Waals surface area contributed by atoms with Gasteiger partial charge in [-0.1, -0.05) is 0 Å². The molecule has 0 unspecified atom stereocenters. The van der Waals surface area contributed by atoms with Gasteiger partial charge in [0, 0.05) is 24.9 Å². The average Bonchev–Trinajstić information content (AvgIpc) is 3.14. The Hall–Kier alpha value is -1.69. The van der Waals surface area contributed by atoms with Gasteiger partial charge in [0.15, 0.2) is 0 Å². The van der Waals surface area contributed by atoms with Crippen LogP contribution in [0.15, 0.2) is 12.3 Å². The van der Waals surface area contributed by atoms with E-state index in [1.54, 1.807) is 6.92 Å². The van der Waals surface area contributed by atoms with Gasteiger partial charge in [0.2, 0.25) is 0 Å². The number of nitro groups is 1. The first-order valence-corrected chi connectivity index (χ1v) is 6.09. The number of nitrogens with zero attached hydrogens (tertiary/aromatic N) is 2. The van der Waals surface area contributed by atoms with Gasteiger partial charge >= 0.3 is 0 Å². The summed E-state index contributed by atoms with van der Waals surface area (Å²) in [4.78, 5) is 14.5. The molecule has 0 aromatic carbocycles. The van der Waals surface area contributed by atoms with Crippen molar-refractivity contribution >= 4 is 11.5 Å². The summed E-state index contributed by atoms with van der Waals surface area (Å²) in [6.07, 6.45) is 4.06. The van der Waals surface area contributed by atoms with Gasteiger partial charge < -0.3 is 10.1 Å². The number of hydrogen-bond donors (Lipinski definition) is 1. The van der Waals surface area contributed by atoms with Crippen molar-refractivity contribution in [3.63, 3.8) is 0 Å². The van der Waals surface area contributed by atoms with Gasteiger partial charge in [-0.25, -0.2) is 4.98 Å². The monoisotopic (exact) mass is 251 g/mol. The first kappa shape index (κ1) is 12.8. The zero-order valence-electron chi connectivity index (χ0n) is 10.4. The Morgan fingerprint density at radius 3 is 3.06 bits per heavy atom. The second-order valence-corrected chi connectivity index (χ2v) is 4.56. The Kier molecular flexibility index (Phi) is 4.09. The van der Waals surface area contributed by atoms with E-state index in [-0.39, 0.29) is 5.69 Å². The summed E-state index contributed by atoms with van der Waals surface area (Å²) in [6.45, 7) is 3.70. The molecule has 0 atom stereocenters. The Labute approximate surface area is 106 Å². The summed E-state index contributed by atoms with van der Waals surface area (Å²) >= 11 is 0. The van der Waals surface area contributed by atoms with E-state index in [1.165, 1.54) is 25.1 Å². The minimum atomic E-state index is -0.397. The summed E-state index contributed by atoms with van der Waals surface area (Å²) < 4.78 is 5.46. The molecule has 0 radical (unpaired) electrons. The van der Waals surface area contributed by atoms with Crippen LogP contribution in [0.25, 0.3) is 0 Å². The maximum Gasteiger partial charge on any atom is 0.277 e. The molecule has 1 saturated carbocycles. The molecule has 1 aromatic heterocycles. The molecule has 6 nitrogen and oxygen atoms in total. The molecule has 6 heteroatoms. The van der Waals surface area contributed by atoms with E-state index < -0.39 is 4.92 Å². The zero-order valence-corrected chi connectivity index (χ0v) is 10.4. The predicted molar refractivity (Wildman–Crippen MR) is 67.7 cm³/mol. The van der Waals surface area contributed by atoms with Gasteiger partial charge in [-0.15, -0.1) is 0 Å². The number of rotatable bonds is 7. The second kappa shape index (κ2) is 5.77. The molecular formula is C12H17N3O3. The fourth-order valence-corrected chi connectivity index (χ4v) is 1.59. The molecule has 98 valence electrons. The summed E-state index contributed by atoms with van der Waals surface area (Å²) in [7, 11) is 0. The molecule has 1 aliphatic carbocycles. The van der Waals surface area contributed by atoms with Gasteiger partial charge in [-0.05, 0) is 25.7 Å². The highest BCUT2D eigenvalue weighted by atomic mass is 16.6. The van der Waals surface area contributed by atoms with E-state index in [9.17, 15) is 10.1 Å². The number of aromatic nitrogens is 1. The molecule has 0 aliphatic heterocycles. The smallest absolute Gasteiger partial charge is 0.277 e. The van der Waals surface area contributed by atoms with Crippen LogP contribution in [-0.2, 0) is 4.74 Å². The molecule has 1 aliphatic rings. The van der Waals surface area contributed by atoms with Gasteiger partial charge in [0.25, 0.3) is 5.69 Å². The Bertz CT molecular complexity index is 433. The van der Waals surface area contributed by atoms with E-state index >= 15 is 0 Å². The van der Waals surface area contributed by atoms with Crippen LogP contribution in [0.3, 0.4) is 0 Å². The van der Waals surface area contributed by atoms with Crippen molar-refractivity contribution in [3.05, 3.63) is 27.9 Å².